The molecule has 1 aromatic carbocycles. The van der Waals surface area contributed by atoms with Gasteiger partial charge < -0.3 is 10.0 Å². The Kier molecular flexibility index (Phi) is 3.48. The van der Waals surface area contributed by atoms with Crippen LogP contribution in [-0.2, 0) is 5.60 Å². The maximum absolute atomic E-state index is 10.8. The lowest BCUT2D eigenvalue weighted by molar-refractivity contribution is 0.0607. The summed E-state index contributed by atoms with van der Waals surface area (Å²) < 4.78 is 0. The minimum Gasteiger partial charge on any atom is -0.383 e. The molecule has 2 heterocycles. The maximum atomic E-state index is 10.8. The molecular weight excluding hydrogens is 270 g/mol. The molecule has 1 aliphatic rings. The van der Waals surface area contributed by atoms with E-state index in [1.807, 2.05) is 30.3 Å². The molecule has 1 saturated heterocycles. The first-order valence-electron chi connectivity index (χ1n) is 6.95. The second-order valence-corrected chi connectivity index (χ2v) is 6.63. The summed E-state index contributed by atoms with van der Waals surface area (Å²) in [5.41, 5.74) is 0.210. The number of hydrogen-bond acceptors (Lipinski definition) is 5. The summed E-state index contributed by atoms with van der Waals surface area (Å²) in [4.78, 5) is 2.14. The summed E-state index contributed by atoms with van der Waals surface area (Å²) >= 11 is 1.63. The highest BCUT2D eigenvalue weighted by atomic mass is 32.1. The molecule has 20 heavy (non-hydrogen) atoms. The molecule has 0 saturated carbocycles. The van der Waals surface area contributed by atoms with Crippen LogP contribution in [0.15, 0.2) is 30.3 Å². The highest BCUT2D eigenvalue weighted by Gasteiger charge is 2.38. The minimum atomic E-state index is -0.773. The van der Waals surface area contributed by atoms with Gasteiger partial charge in [-0.1, -0.05) is 55.5 Å². The van der Waals surface area contributed by atoms with E-state index in [-0.39, 0.29) is 0 Å². The number of rotatable bonds is 3. The number of benzene rings is 1. The topological polar surface area (TPSA) is 49.2 Å². The fraction of sp³-hybridized carbons (Fsp3) is 0.467. The number of nitrogens with zero attached hydrogens (tertiary/aromatic N) is 3. The van der Waals surface area contributed by atoms with Crippen molar-refractivity contribution in [1.82, 2.24) is 10.2 Å². The second-order valence-electron chi connectivity index (χ2n) is 5.65. The first-order chi connectivity index (χ1) is 9.58. The van der Waals surface area contributed by atoms with E-state index in [4.69, 9.17) is 0 Å². The van der Waals surface area contributed by atoms with E-state index in [9.17, 15) is 5.11 Å². The van der Waals surface area contributed by atoms with Crippen LogP contribution in [0.25, 0.3) is 0 Å². The van der Waals surface area contributed by atoms with Crippen LogP contribution in [0.1, 0.15) is 36.8 Å². The lowest BCUT2D eigenvalue weighted by Gasteiger charge is -2.23. The molecule has 5 heteroatoms. The molecule has 1 atom stereocenters. The third kappa shape index (κ3) is 2.43. The molecule has 1 fully saturated rings. The SMILES string of the molecule is CC(C)c1nnc(N2CCC(O)(c3ccccc3)C2)s1. The quantitative estimate of drug-likeness (QED) is 0.944. The van der Waals surface area contributed by atoms with Crippen LogP contribution < -0.4 is 4.90 Å². The van der Waals surface area contributed by atoms with Crippen molar-refractivity contribution in [2.75, 3.05) is 18.0 Å². The number of anilines is 1. The molecule has 0 spiro atoms. The van der Waals surface area contributed by atoms with Crippen LogP contribution in [0.5, 0.6) is 0 Å². The Morgan fingerprint density at radius 3 is 2.65 bits per heavy atom. The molecule has 0 amide bonds. The monoisotopic (exact) mass is 289 g/mol. The Bertz CT molecular complexity index is 584. The Balaban J connectivity index is 1.79. The van der Waals surface area contributed by atoms with Gasteiger partial charge in [-0.05, 0) is 12.0 Å². The molecule has 0 radical (unpaired) electrons. The van der Waals surface area contributed by atoms with E-state index >= 15 is 0 Å². The van der Waals surface area contributed by atoms with Crippen LogP contribution in [0.4, 0.5) is 5.13 Å². The molecule has 3 rings (SSSR count). The molecule has 0 bridgehead atoms. The molecule has 106 valence electrons. The van der Waals surface area contributed by atoms with Gasteiger partial charge in [-0.15, -0.1) is 10.2 Å². The van der Waals surface area contributed by atoms with Crippen LogP contribution in [0.3, 0.4) is 0 Å². The summed E-state index contributed by atoms with van der Waals surface area (Å²) in [7, 11) is 0. The van der Waals surface area contributed by atoms with E-state index in [0.29, 0.717) is 12.5 Å². The first kappa shape index (κ1) is 13.5. The average Bonchev–Trinajstić information content (AvgIpc) is 3.07. The number of aliphatic hydroxyl groups is 1. The predicted octanol–water partition coefficient (Wildman–Crippen LogP) is 2.76. The maximum Gasteiger partial charge on any atom is 0.208 e. The third-order valence-electron chi connectivity index (χ3n) is 3.75. The van der Waals surface area contributed by atoms with Crippen molar-refractivity contribution in [3.05, 3.63) is 40.9 Å². The van der Waals surface area contributed by atoms with Crippen molar-refractivity contribution in [3.8, 4) is 0 Å². The third-order valence-corrected chi connectivity index (χ3v) is 5.04. The van der Waals surface area contributed by atoms with Crippen LogP contribution >= 0.6 is 11.3 Å². The molecule has 1 N–H and O–H groups in total. The van der Waals surface area contributed by atoms with Gasteiger partial charge in [-0.2, -0.15) is 0 Å². The summed E-state index contributed by atoms with van der Waals surface area (Å²) in [5, 5.41) is 21.3. The van der Waals surface area contributed by atoms with E-state index in [2.05, 4.69) is 28.9 Å². The summed E-state index contributed by atoms with van der Waals surface area (Å²) in [6.45, 7) is 5.64. The van der Waals surface area contributed by atoms with Gasteiger partial charge in [0.05, 0.1) is 6.54 Å². The van der Waals surface area contributed by atoms with E-state index in [1.165, 1.54) is 0 Å². The van der Waals surface area contributed by atoms with Gasteiger partial charge in [0.1, 0.15) is 10.6 Å². The molecule has 1 unspecified atom stereocenters. The van der Waals surface area contributed by atoms with Gasteiger partial charge in [-0.3, -0.25) is 0 Å². The Hall–Kier alpha value is -1.46. The minimum absolute atomic E-state index is 0.400. The number of aromatic nitrogens is 2. The Labute approximate surface area is 123 Å². The Morgan fingerprint density at radius 2 is 2.00 bits per heavy atom. The molecular formula is C15H19N3OS. The van der Waals surface area contributed by atoms with Crippen molar-refractivity contribution >= 4 is 16.5 Å². The van der Waals surface area contributed by atoms with Gasteiger partial charge in [0.2, 0.25) is 5.13 Å². The molecule has 1 aromatic heterocycles. The highest BCUT2D eigenvalue weighted by molar-refractivity contribution is 7.15. The standard InChI is InChI=1S/C15H19N3OS/c1-11(2)13-16-17-14(20-13)18-9-8-15(19,10-18)12-6-4-3-5-7-12/h3-7,11,19H,8-10H2,1-2H3. The zero-order valence-corrected chi connectivity index (χ0v) is 12.6. The lowest BCUT2D eigenvalue weighted by atomic mass is 9.93. The smallest absolute Gasteiger partial charge is 0.208 e. The van der Waals surface area contributed by atoms with Gasteiger partial charge in [0.25, 0.3) is 0 Å². The van der Waals surface area contributed by atoms with Crippen LogP contribution in [0, 0.1) is 0 Å². The Morgan fingerprint density at radius 1 is 1.25 bits per heavy atom. The predicted molar refractivity (Wildman–Crippen MR) is 81.2 cm³/mol. The van der Waals surface area contributed by atoms with Crippen molar-refractivity contribution in [2.45, 2.75) is 31.8 Å². The zero-order valence-electron chi connectivity index (χ0n) is 11.8. The van der Waals surface area contributed by atoms with Gasteiger partial charge in [0.15, 0.2) is 0 Å². The average molecular weight is 289 g/mol. The van der Waals surface area contributed by atoms with Crippen LogP contribution in [-0.4, -0.2) is 28.4 Å². The second kappa shape index (κ2) is 5.14. The lowest BCUT2D eigenvalue weighted by Crippen LogP contribution is -2.30. The van der Waals surface area contributed by atoms with Gasteiger partial charge >= 0.3 is 0 Å². The van der Waals surface area contributed by atoms with Crippen molar-refractivity contribution < 1.29 is 5.11 Å². The normalized spacial score (nSPS) is 22.7. The fourth-order valence-corrected chi connectivity index (χ4v) is 3.40. The summed E-state index contributed by atoms with van der Waals surface area (Å²) in [6, 6.07) is 9.89. The van der Waals surface area contributed by atoms with E-state index in [0.717, 1.165) is 28.7 Å². The largest absolute Gasteiger partial charge is 0.383 e. The van der Waals surface area contributed by atoms with Crippen molar-refractivity contribution in [1.29, 1.82) is 0 Å². The summed E-state index contributed by atoms with van der Waals surface area (Å²) in [5.74, 6) is 0.400. The zero-order chi connectivity index (χ0) is 14.2. The van der Waals surface area contributed by atoms with Gasteiger partial charge in [0, 0.05) is 12.5 Å². The molecule has 4 nitrogen and oxygen atoms in total. The van der Waals surface area contributed by atoms with Crippen molar-refractivity contribution in [3.63, 3.8) is 0 Å². The number of β-amino-alcohol motifs (C(OH)–C–C–N with tert-alkyl or cyclic N) is 1. The molecule has 1 aliphatic heterocycles. The number of hydrogen-bond donors (Lipinski definition) is 1. The highest BCUT2D eigenvalue weighted by Crippen LogP contribution is 2.36. The van der Waals surface area contributed by atoms with Gasteiger partial charge in [-0.25, -0.2) is 0 Å². The van der Waals surface area contributed by atoms with Crippen LogP contribution in [0.2, 0.25) is 0 Å². The first-order valence-corrected chi connectivity index (χ1v) is 7.76. The van der Waals surface area contributed by atoms with E-state index < -0.39 is 5.60 Å². The van der Waals surface area contributed by atoms with Crippen molar-refractivity contribution in [2.24, 2.45) is 0 Å². The molecule has 2 aromatic rings. The summed E-state index contributed by atoms with van der Waals surface area (Å²) in [6.07, 6.45) is 0.730. The fourth-order valence-electron chi connectivity index (χ4n) is 2.53. The molecule has 0 aliphatic carbocycles. The van der Waals surface area contributed by atoms with E-state index in [1.54, 1.807) is 11.3 Å².